The van der Waals surface area contributed by atoms with Crippen LogP contribution in [0.2, 0.25) is 5.28 Å². The molecule has 0 aliphatic carbocycles. The molecule has 1 aromatic heterocycles. The predicted molar refractivity (Wildman–Crippen MR) is 87.9 cm³/mol. The van der Waals surface area contributed by atoms with Gasteiger partial charge in [-0.1, -0.05) is 42.0 Å². The molecule has 3 nitrogen and oxygen atoms in total. The summed E-state index contributed by atoms with van der Waals surface area (Å²) in [5.74, 6) is 0.790. The molecule has 0 aliphatic heterocycles. The standard InChI is InChI=1S/C17H16ClN3/c1-12-6-8-13(9-7-12)10-11-19-16-14-4-2-3-5-15(14)20-17(18)21-16/h2-9H,10-11H2,1H3,(H,19,20,21). The van der Waals surface area contributed by atoms with Crippen molar-refractivity contribution in [2.45, 2.75) is 13.3 Å². The van der Waals surface area contributed by atoms with Crippen molar-refractivity contribution in [3.8, 4) is 0 Å². The van der Waals surface area contributed by atoms with E-state index in [0.717, 1.165) is 29.7 Å². The van der Waals surface area contributed by atoms with E-state index in [0.29, 0.717) is 0 Å². The van der Waals surface area contributed by atoms with Crippen molar-refractivity contribution >= 4 is 28.3 Å². The van der Waals surface area contributed by atoms with E-state index < -0.39 is 0 Å². The summed E-state index contributed by atoms with van der Waals surface area (Å²) < 4.78 is 0. The van der Waals surface area contributed by atoms with Gasteiger partial charge in [0, 0.05) is 11.9 Å². The molecule has 0 bridgehead atoms. The van der Waals surface area contributed by atoms with Crippen LogP contribution in [-0.4, -0.2) is 16.5 Å². The predicted octanol–water partition coefficient (Wildman–Crippen LogP) is 4.25. The molecule has 0 radical (unpaired) electrons. The van der Waals surface area contributed by atoms with E-state index in [9.17, 15) is 0 Å². The number of rotatable bonds is 4. The molecule has 0 atom stereocenters. The highest BCUT2D eigenvalue weighted by atomic mass is 35.5. The lowest BCUT2D eigenvalue weighted by atomic mass is 10.1. The van der Waals surface area contributed by atoms with Crippen LogP contribution in [0.5, 0.6) is 0 Å². The first kappa shape index (κ1) is 13.8. The molecule has 3 aromatic rings. The van der Waals surface area contributed by atoms with E-state index >= 15 is 0 Å². The lowest BCUT2D eigenvalue weighted by molar-refractivity contribution is 1.00. The first-order chi connectivity index (χ1) is 10.2. The van der Waals surface area contributed by atoms with Gasteiger partial charge in [-0.2, -0.15) is 0 Å². The molecular formula is C17H16ClN3. The van der Waals surface area contributed by atoms with Crippen LogP contribution in [0.3, 0.4) is 0 Å². The normalized spacial score (nSPS) is 10.8. The van der Waals surface area contributed by atoms with Gasteiger partial charge in [-0.3, -0.25) is 0 Å². The van der Waals surface area contributed by atoms with Crippen LogP contribution >= 0.6 is 11.6 Å². The Kier molecular flexibility index (Phi) is 4.02. The fourth-order valence-corrected chi connectivity index (χ4v) is 2.44. The maximum Gasteiger partial charge on any atom is 0.224 e. The molecule has 106 valence electrons. The van der Waals surface area contributed by atoms with E-state index in [2.05, 4.69) is 46.5 Å². The summed E-state index contributed by atoms with van der Waals surface area (Å²) in [5, 5.41) is 4.62. The molecule has 0 unspecified atom stereocenters. The SMILES string of the molecule is Cc1ccc(CCNc2nc(Cl)nc3ccccc23)cc1. The number of aromatic nitrogens is 2. The Labute approximate surface area is 129 Å². The van der Waals surface area contributed by atoms with E-state index in [4.69, 9.17) is 11.6 Å². The number of nitrogens with zero attached hydrogens (tertiary/aromatic N) is 2. The Balaban J connectivity index is 1.74. The van der Waals surface area contributed by atoms with Crippen molar-refractivity contribution in [3.05, 3.63) is 64.9 Å². The van der Waals surface area contributed by atoms with Crippen molar-refractivity contribution in [2.24, 2.45) is 0 Å². The van der Waals surface area contributed by atoms with Crippen LogP contribution in [-0.2, 0) is 6.42 Å². The van der Waals surface area contributed by atoms with Crippen LogP contribution in [0.1, 0.15) is 11.1 Å². The molecule has 21 heavy (non-hydrogen) atoms. The zero-order valence-corrected chi connectivity index (χ0v) is 12.6. The largest absolute Gasteiger partial charge is 0.369 e. The van der Waals surface area contributed by atoms with Crippen molar-refractivity contribution in [1.29, 1.82) is 0 Å². The Hall–Kier alpha value is -2.13. The number of hydrogen-bond acceptors (Lipinski definition) is 3. The maximum absolute atomic E-state index is 5.97. The fraction of sp³-hybridized carbons (Fsp3) is 0.176. The number of fused-ring (bicyclic) bond motifs is 1. The van der Waals surface area contributed by atoms with Crippen LogP contribution in [0, 0.1) is 6.92 Å². The second-order valence-corrected chi connectivity index (χ2v) is 5.36. The molecule has 0 fully saturated rings. The van der Waals surface area contributed by atoms with Gasteiger partial charge in [0.05, 0.1) is 5.52 Å². The van der Waals surface area contributed by atoms with Gasteiger partial charge in [0.15, 0.2) is 0 Å². The minimum atomic E-state index is 0.270. The highest BCUT2D eigenvalue weighted by Crippen LogP contribution is 2.21. The van der Waals surface area contributed by atoms with E-state index in [1.165, 1.54) is 11.1 Å². The molecule has 3 rings (SSSR count). The first-order valence-electron chi connectivity index (χ1n) is 6.94. The van der Waals surface area contributed by atoms with Gasteiger partial charge < -0.3 is 5.32 Å². The number of hydrogen-bond donors (Lipinski definition) is 1. The summed E-state index contributed by atoms with van der Waals surface area (Å²) in [7, 11) is 0. The highest BCUT2D eigenvalue weighted by molar-refractivity contribution is 6.28. The molecule has 1 heterocycles. The molecule has 0 aliphatic rings. The molecule has 0 spiro atoms. The van der Waals surface area contributed by atoms with Crippen LogP contribution in [0.4, 0.5) is 5.82 Å². The summed E-state index contributed by atoms with van der Waals surface area (Å²) in [6.07, 6.45) is 0.941. The topological polar surface area (TPSA) is 37.8 Å². The number of halogens is 1. The molecule has 1 N–H and O–H groups in total. The average Bonchev–Trinajstić information content (AvgIpc) is 2.49. The highest BCUT2D eigenvalue weighted by Gasteiger charge is 2.05. The van der Waals surface area contributed by atoms with Crippen molar-refractivity contribution in [1.82, 2.24) is 9.97 Å². The maximum atomic E-state index is 5.97. The van der Waals surface area contributed by atoms with Crippen LogP contribution in [0.15, 0.2) is 48.5 Å². The summed E-state index contributed by atoms with van der Waals surface area (Å²) in [5.41, 5.74) is 3.44. The van der Waals surface area contributed by atoms with Crippen LogP contribution in [0.25, 0.3) is 10.9 Å². The Morgan fingerprint density at radius 1 is 1.00 bits per heavy atom. The number of benzene rings is 2. The van der Waals surface area contributed by atoms with Gasteiger partial charge in [-0.15, -0.1) is 0 Å². The zero-order valence-electron chi connectivity index (χ0n) is 11.8. The lowest BCUT2D eigenvalue weighted by Gasteiger charge is -2.09. The number of nitrogens with one attached hydrogen (secondary N) is 1. The van der Waals surface area contributed by atoms with E-state index in [1.807, 2.05) is 24.3 Å². The van der Waals surface area contributed by atoms with Crippen molar-refractivity contribution in [3.63, 3.8) is 0 Å². The summed E-state index contributed by atoms with van der Waals surface area (Å²) in [6, 6.07) is 16.4. The number of aryl methyl sites for hydroxylation is 1. The second-order valence-electron chi connectivity index (χ2n) is 5.02. The lowest BCUT2D eigenvalue weighted by Crippen LogP contribution is -2.07. The van der Waals surface area contributed by atoms with E-state index in [1.54, 1.807) is 0 Å². The Morgan fingerprint density at radius 2 is 1.76 bits per heavy atom. The third-order valence-electron chi connectivity index (χ3n) is 3.40. The third-order valence-corrected chi connectivity index (χ3v) is 3.57. The first-order valence-corrected chi connectivity index (χ1v) is 7.32. The van der Waals surface area contributed by atoms with Gasteiger partial charge >= 0.3 is 0 Å². The quantitative estimate of drug-likeness (QED) is 0.732. The van der Waals surface area contributed by atoms with Gasteiger partial charge in [-0.25, -0.2) is 9.97 Å². The van der Waals surface area contributed by atoms with E-state index in [-0.39, 0.29) is 5.28 Å². The molecule has 0 saturated heterocycles. The smallest absolute Gasteiger partial charge is 0.224 e. The third kappa shape index (κ3) is 3.31. The molecule has 0 saturated carbocycles. The Bertz CT molecular complexity index is 754. The van der Waals surface area contributed by atoms with Gasteiger partial charge in [-0.05, 0) is 42.6 Å². The van der Waals surface area contributed by atoms with Gasteiger partial charge in [0.25, 0.3) is 0 Å². The van der Waals surface area contributed by atoms with Crippen molar-refractivity contribution < 1.29 is 0 Å². The summed E-state index contributed by atoms with van der Waals surface area (Å²) in [4.78, 5) is 8.52. The second kappa shape index (κ2) is 6.10. The van der Waals surface area contributed by atoms with Gasteiger partial charge in [0.1, 0.15) is 5.82 Å². The van der Waals surface area contributed by atoms with Crippen LogP contribution < -0.4 is 5.32 Å². The molecular weight excluding hydrogens is 282 g/mol. The van der Waals surface area contributed by atoms with Crippen molar-refractivity contribution in [2.75, 3.05) is 11.9 Å². The van der Waals surface area contributed by atoms with Gasteiger partial charge in [0.2, 0.25) is 5.28 Å². The fourth-order valence-electron chi connectivity index (χ4n) is 2.26. The minimum Gasteiger partial charge on any atom is -0.369 e. The monoisotopic (exact) mass is 297 g/mol. The summed E-state index contributed by atoms with van der Waals surface area (Å²) in [6.45, 7) is 2.90. The number of anilines is 1. The number of para-hydroxylation sites is 1. The average molecular weight is 298 g/mol. The Morgan fingerprint density at radius 3 is 2.57 bits per heavy atom. The molecule has 0 amide bonds. The molecule has 2 aromatic carbocycles. The zero-order chi connectivity index (χ0) is 14.7. The minimum absolute atomic E-state index is 0.270. The molecule has 4 heteroatoms. The summed E-state index contributed by atoms with van der Waals surface area (Å²) >= 11 is 5.97.